The van der Waals surface area contributed by atoms with Crippen LogP contribution in [0, 0.1) is 5.82 Å². The van der Waals surface area contributed by atoms with Crippen LogP contribution in [-0.2, 0) is 4.79 Å². The van der Waals surface area contributed by atoms with Gasteiger partial charge in [-0.15, -0.1) is 0 Å². The van der Waals surface area contributed by atoms with Crippen LogP contribution < -0.4 is 14.8 Å². The van der Waals surface area contributed by atoms with E-state index >= 15 is 0 Å². The van der Waals surface area contributed by atoms with Crippen LogP contribution >= 0.6 is 0 Å². The van der Waals surface area contributed by atoms with Crippen LogP contribution in [0.4, 0.5) is 10.1 Å². The topological polar surface area (TPSA) is 50.8 Å². The van der Waals surface area contributed by atoms with Crippen molar-refractivity contribution in [3.8, 4) is 11.5 Å². The molecule has 1 amide bonds. The highest BCUT2D eigenvalue weighted by Crippen LogP contribution is 2.16. The molecule has 2 rings (SSSR count). The van der Waals surface area contributed by atoms with Gasteiger partial charge in [0.15, 0.2) is 0 Å². The lowest BCUT2D eigenvalue weighted by atomic mass is 10.3. The summed E-state index contributed by atoms with van der Waals surface area (Å²) in [6.45, 7) is 4.34. The van der Waals surface area contributed by atoms with Gasteiger partial charge in [0.05, 0.1) is 20.3 Å². The molecule has 0 saturated heterocycles. The van der Waals surface area contributed by atoms with Gasteiger partial charge in [-0.05, 0) is 49.4 Å². The Balaban J connectivity index is 1.72. The average molecular weight is 360 g/mol. The lowest BCUT2D eigenvalue weighted by Gasteiger charge is -2.20. The van der Waals surface area contributed by atoms with E-state index in [9.17, 15) is 9.18 Å². The Morgan fingerprint density at radius 3 is 2.62 bits per heavy atom. The predicted molar refractivity (Wildman–Crippen MR) is 100 cm³/mol. The van der Waals surface area contributed by atoms with Gasteiger partial charge in [0.2, 0.25) is 5.91 Å². The van der Waals surface area contributed by atoms with Crippen LogP contribution in [0.1, 0.15) is 13.3 Å². The minimum Gasteiger partial charge on any atom is -0.497 e. The van der Waals surface area contributed by atoms with Crippen molar-refractivity contribution in [2.45, 2.75) is 13.3 Å². The molecule has 0 aliphatic rings. The van der Waals surface area contributed by atoms with Gasteiger partial charge in [0.1, 0.15) is 17.3 Å². The van der Waals surface area contributed by atoms with Crippen LogP contribution in [0.5, 0.6) is 11.5 Å². The first kappa shape index (κ1) is 19.7. The van der Waals surface area contributed by atoms with Crippen molar-refractivity contribution in [1.29, 1.82) is 0 Å². The van der Waals surface area contributed by atoms with Gasteiger partial charge < -0.3 is 14.8 Å². The van der Waals surface area contributed by atoms with Gasteiger partial charge in [-0.2, -0.15) is 0 Å². The number of carbonyl (C=O) groups is 1. The van der Waals surface area contributed by atoms with Crippen molar-refractivity contribution in [3.05, 3.63) is 54.3 Å². The number of hydrogen-bond donors (Lipinski definition) is 1. The molecular formula is C20H25FN2O3. The number of benzene rings is 2. The second kappa shape index (κ2) is 10.4. The molecule has 0 fully saturated rings. The number of rotatable bonds is 10. The molecule has 5 nitrogen and oxygen atoms in total. The van der Waals surface area contributed by atoms with Gasteiger partial charge in [0.25, 0.3) is 0 Å². The molecule has 0 aliphatic carbocycles. The third kappa shape index (κ3) is 6.72. The highest BCUT2D eigenvalue weighted by Gasteiger charge is 2.09. The molecule has 2 aromatic rings. The number of nitrogens with zero attached hydrogens (tertiary/aromatic N) is 1. The lowest BCUT2D eigenvalue weighted by molar-refractivity contribution is -0.117. The molecule has 0 spiro atoms. The molecule has 0 saturated carbocycles. The first-order valence-corrected chi connectivity index (χ1v) is 8.65. The Morgan fingerprint density at radius 1 is 1.15 bits per heavy atom. The number of amides is 1. The van der Waals surface area contributed by atoms with Crippen molar-refractivity contribution in [2.75, 3.05) is 38.7 Å². The number of methoxy groups -OCH3 is 1. The maximum absolute atomic E-state index is 12.8. The first-order valence-electron chi connectivity index (χ1n) is 8.65. The number of ether oxygens (including phenoxy) is 2. The van der Waals surface area contributed by atoms with E-state index in [1.165, 1.54) is 12.1 Å². The van der Waals surface area contributed by atoms with E-state index in [-0.39, 0.29) is 11.7 Å². The quantitative estimate of drug-likeness (QED) is 0.658. The van der Waals surface area contributed by atoms with Gasteiger partial charge in [-0.1, -0.05) is 13.0 Å². The number of carbonyl (C=O) groups excluding carboxylic acids is 1. The van der Waals surface area contributed by atoms with E-state index < -0.39 is 0 Å². The first-order chi connectivity index (χ1) is 12.6. The molecule has 0 bridgehead atoms. The van der Waals surface area contributed by atoms with Crippen LogP contribution in [-0.4, -0.2) is 44.2 Å². The Bertz CT molecular complexity index is 692. The summed E-state index contributed by atoms with van der Waals surface area (Å²) in [6.07, 6.45) is 0.775. The minimum atomic E-state index is -0.281. The van der Waals surface area contributed by atoms with Gasteiger partial charge in [-0.25, -0.2) is 4.39 Å². The third-order valence-electron chi connectivity index (χ3n) is 3.87. The van der Waals surface area contributed by atoms with Crippen LogP contribution in [0.2, 0.25) is 0 Å². The highest BCUT2D eigenvalue weighted by molar-refractivity contribution is 5.92. The summed E-state index contributed by atoms with van der Waals surface area (Å²) in [5, 5.41) is 2.88. The van der Waals surface area contributed by atoms with Crippen LogP contribution in [0.15, 0.2) is 48.5 Å². The zero-order valence-corrected chi connectivity index (χ0v) is 15.2. The molecule has 1 N–H and O–H groups in total. The maximum Gasteiger partial charge on any atom is 0.238 e. The summed E-state index contributed by atoms with van der Waals surface area (Å²) in [7, 11) is 1.59. The SMILES string of the molecule is CCN(CCCOc1ccc(F)cc1)CC(=O)Nc1cccc(OC)c1. The molecule has 2 aromatic carbocycles. The summed E-state index contributed by atoms with van der Waals surface area (Å²) < 4.78 is 23.6. The summed E-state index contributed by atoms with van der Waals surface area (Å²) in [5.41, 5.74) is 0.713. The number of likely N-dealkylation sites (N-methyl/N-ethyl adjacent to an activating group) is 1. The lowest BCUT2D eigenvalue weighted by Crippen LogP contribution is -2.34. The van der Waals surface area contributed by atoms with Crippen molar-refractivity contribution in [2.24, 2.45) is 0 Å². The maximum atomic E-state index is 12.8. The van der Waals surface area contributed by atoms with E-state index in [1.54, 1.807) is 25.3 Å². The largest absolute Gasteiger partial charge is 0.497 e. The number of nitrogens with one attached hydrogen (secondary N) is 1. The molecule has 0 radical (unpaired) electrons. The smallest absolute Gasteiger partial charge is 0.238 e. The third-order valence-corrected chi connectivity index (χ3v) is 3.87. The fraction of sp³-hybridized carbons (Fsp3) is 0.350. The fourth-order valence-corrected chi connectivity index (χ4v) is 2.46. The van der Waals surface area contributed by atoms with Gasteiger partial charge in [-0.3, -0.25) is 9.69 Å². The minimum absolute atomic E-state index is 0.0699. The molecule has 6 heteroatoms. The van der Waals surface area contributed by atoms with E-state index in [1.807, 2.05) is 30.0 Å². The summed E-state index contributed by atoms with van der Waals surface area (Å²) >= 11 is 0. The van der Waals surface area contributed by atoms with E-state index in [2.05, 4.69) is 5.32 Å². The van der Waals surface area contributed by atoms with Crippen molar-refractivity contribution >= 4 is 11.6 Å². The normalized spacial score (nSPS) is 10.6. The molecule has 0 aromatic heterocycles. The average Bonchev–Trinajstić information content (AvgIpc) is 2.65. The fourth-order valence-electron chi connectivity index (χ4n) is 2.46. The van der Waals surface area contributed by atoms with E-state index in [4.69, 9.17) is 9.47 Å². The van der Waals surface area contributed by atoms with E-state index in [0.29, 0.717) is 30.3 Å². The van der Waals surface area contributed by atoms with Crippen molar-refractivity contribution in [1.82, 2.24) is 4.90 Å². The summed E-state index contributed by atoms with van der Waals surface area (Å²) in [6, 6.07) is 13.2. The molecule has 140 valence electrons. The molecule has 0 heterocycles. The number of hydrogen-bond acceptors (Lipinski definition) is 4. The summed E-state index contributed by atoms with van der Waals surface area (Å²) in [4.78, 5) is 14.3. The van der Waals surface area contributed by atoms with Crippen molar-refractivity contribution < 1.29 is 18.7 Å². The Hall–Kier alpha value is -2.60. The second-order valence-electron chi connectivity index (χ2n) is 5.80. The van der Waals surface area contributed by atoms with E-state index in [0.717, 1.165) is 19.5 Å². The number of anilines is 1. The van der Waals surface area contributed by atoms with Crippen LogP contribution in [0.3, 0.4) is 0 Å². The number of halogens is 1. The zero-order chi connectivity index (χ0) is 18.8. The Labute approximate surface area is 153 Å². The molecule has 0 atom stereocenters. The second-order valence-corrected chi connectivity index (χ2v) is 5.80. The summed E-state index contributed by atoms with van der Waals surface area (Å²) in [5.74, 6) is 0.995. The van der Waals surface area contributed by atoms with Crippen LogP contribution in [0.25, 0.3) is 0 Å². The van der Waals surface area contributed by atoms with Gasteiger partial charge >= 0.3 is 0 Å². The molecule has 0 unspecified atom stereocenters. The Kier molecular flexibility index (Phi) is 7.89. The van der Waals surface area contributed by atoms with Crippen molar-refractivity contribution in [3.63, 3.8) is 0 Å². The predicted octanol–water partition coefficient (Wildman–Crippen LogP) is 3.56. The highest BCUT2D eigenvalue weighted by atomic mass is 19.1. The molecular weight excluding hydrogens is 335 g/mol. The Morgan fingerprint density at radius 2 is 1.92 bits per heavy atom. The molecule has 0 aliphatic heterocycles. The zero-order valence-electron chi connectivity index (χ0n) is 15.2. The monoisotopic (exact) mass is 360 g/mol. The standard InChI is InChI=1S/C20H25FN2O3/c1-3-23(12-5-13-26-18-10-8-16(21)9-11-18)15-20(24)22-17-6-4-7-19(14-17)25-2/h4,6-11,14H,3,5,12-13,15H2,1-2H3,(H,22,24). The van der Waals surface area contributed by atoms with Gasteiger partial charge in [0, 0.05) is 18.3 Å². The molecule has 26 heavy (non-hydrogen) atoms.